The Hall–Kier alpha value is -4.31. The predicted molar refractivity (Wildman–Crippen MR) is 482 cm³/mol. The Labute approximate surface area is 703 Å². The van der Waals surface area contributed by atoms with Crippen LogP contribution < -0.4 is 0 Å². The zero-order chi connectivity index (χ0) is 83.6. The second-order valence-electron chi connectivity index (χ2n) is 31.1. The fourth-order valence-corrected chi connectivity index (χ4v) is 14.4. The molecule has 18 heteroatoms. The number of carbonyl (C=O) groups excluding carboxylic acids is 3. The van der Waals surface area contributed by atoms with E-state index in [0.717, 1.165) is 148 Å². The van der Waals surface area contributed by atoms with Gasteiger partial charge in [-0.1, -0.05) is 379 Å². The molecule has 0 aromatic rings. The molecule has 0 aliphatic carbocycles. The highest BCUT2D eigenvalue weighted by Crippen LogP contribution is 2.45. The van der Waals surface area contributed by atoms with Crippen molar-refractivity contribution in [2.24, 2.45) is 0 Å². The lowest BCUT2D eigenvalue weighted by atomic mass is 10.0. The molecule has 16 nitrogen and oxygen atoms in total. The largest absolute Gasteiger partial charge is 0.472 e. The number of aliphatic hydroxyl groups excluding tert-OH is 2. The number of allylic oxidation sites excluding steroid dienone is 22. The van der Waals surface area contributed by atoms with Crippen molar-refractivity contribution in [2.45, 2.75) is 424 Å². The van der Waals surface area contributed by atoms with E-state index in [2.05, 4.69) is 154 Å². The second kappa shape index (κ2) is 89.0. The van der Waals surface area contributed by atoms with Gasteiger partial charge in [0.25, 0.3) is 0 Å². The molecular weight excluding hydrogens is 1480 g/mol. The zero-order valence-electron chi connectivity index (χ0n) is 73.2. The van der Waals surface area contributed by atoms with E-state index >= 15 is 0 Å². The van der Waals surface area contributed by atoms with E-state index in [1.54, 1.807) is 0 Å². The summed E-state index contributed by atoms with van der Waals surface area (Å²) >= 11 is 0. The number of phosphoric acid groups is 2. The average molecular weight is 1650 g/mol. The molecule has 0 aliphatic heterocycles. The zero-order valence-corrected chi connectivity index (χ0v) is 75.0. The van der Waals surface area contributed by atoms with Gasteiger partial charge in [-0.2, -0.15) is 0 Å². The molecule has 664 valence electrons. The molecule has 0 heterocycles. The van der Waals surface area contributed by atoms with Crippen LogP contribution in [-0.4, -0.2) is 95.9 Å². The summed E-state index contributed by atoms with van der Waals surface area (Å²) in [6.45, 7) is 2.58. The van der Waals surface area contributed by atoms with Crippen LogP contribution in [0, 0.1) is 0 Å². The molecule has 0 radical (unpaired) electrons. The van der Waals surface area contributed by atoms with Crippen LogP contribution in [0.2, 0.25) is 0 Å². The first-order valence-corrected chi connectivity index (χ1v) is 49.5. The fraction of sp³-hybridized carbons (Fsp3) is 0.742. The maximum atomic E-state index is 13.0. The number of aliphatic hydroxyl groups is 2. The number of rotatable bonds is 88. The summed E-state index contributed by atoms with van der Waals surface area (Å²) in [5.41, 5.74) is 0. The highest BCUT2D eigenvalue weighted by atomic mass is 31.2. The summed E-state index contributed by atoms with van der Waals surface area (Å²) in [7, 11) is -9.80. The van der Waals surface area contributed by atoms with Crippen molar-refractivity contribution < 1.29 is 75.8 Å². The van der Waals surface area contributed by atoms with Gasteiger partial charge in [-0.25, -0.2) is 9.13 Å². The first kappa shape index (κ1) is 111. The standard InChI is InChI=1S/C97H170O16P2/c1-4-7-10-13-16-19-22-25-28-30-32-34-36-38-40-42-44-45-47-49-50-52-54-56-58-60-63-65-68-71-74-77-80-83-95(100)107-86-92(98)87-109-114(103,104)110-88-93(99)89-111-115(105,106)112-91-94(113-97(102)85-82-79-76-73-70-67-62-27-24-21-18-15-12-9-6-3)90-108-96(101)84-81-78-75-72-69-66-64-61-59-57-55-53-51-48-46-43-41-39-37-35-33-31-29-26-23-20-17-14-11-8-5-2/h8,11,16-17,19-20,25-29,32-35,38-41,46,48,62,92-94,98-99H,4-7,9-10,12-15,18,21-24,30-31,36-37,42-45,47,49-61,63-91H2,1-3H3,(H,103,104)(H,105,106)/b11-8-,19-16-,20-17-,28-25-,29-26-,34-32-,35-33-,40-38-,41-39-,48-46-,62-27-. The Kier molecular flexibility index (Phi) is 85.6. The number of esters is 3. The minimum Gasteiger partial charge on any atom is -0.463 e. The number of hydrogen-bond donors (Lipinski definition) is 4. The maximum absolute atomic E-state index is 13.0. The third-order valence-corrected chi connectivity index (χ3v) is 21.7. The molecule has 115 heavy (non-hydrogen) atoms. The third-order valence-electron chi connectivity index (χ3n) is 19.8. The number of unbranched alkanes of at least 4 members (excludes halogenated alkanes) is 43. The monoisotopic (exact) mass is 1650 g/mol. The third kappa shape index (κ3) is 90.3. The quantitative estimate of drug-likeness (QED) is 0.0146. The van der Waals surface area contributed by atoms with E-state index in [-0.39, 0.29) is 19.3 Å². The van der Waals surface area contributed by atoms with Gasteiger partial charge in [0, 0.05) is 19.3 Å². The summed E-state index contributed by atoms with van der Waals surface area (Å²) in [4.78, 5) is 58.9. The van der Waals surface area contributed by atoms with Crippen molar-refractivity contribution >= 4 is 33.6 Å². The molecule has 0 bridgehead atoms. The molecule has 0 spiro atoms. The Morgan fingerprint density at radius 1 is 0.252 bits per heavy atom. The van der Waals surface area contributed by atoms with E-state index in [1.807, 2.05) is 0 Å². The van der Waals surface area contributed by atoms with Crippen molar-refractivity contribution in [1.29, 1.82) is 0 Å². The number of hydrogen-bond acceptors (Lipinski definition) is 14. The minimum atomic E-state index is -4.94. The van der Waals surface area contributed by atoms with Crippen molar-refractivity contribution in [2.75, 3.05) is 39.6 Å². The lowest BCUT2D eigenvalue weighted by molar-refractivity contribution is -0.161. The molecule has 0 aromatic carbocycles. The van der Waals surface area contributed by atoms with Gasteiger partial charge in [-0.05, 0) is 141 Å². The summed E-state index contributed by atoms with van der Waals surface area (Å²) in [6, 6.07) is 0. The highest BCUT2D eigenvalue weighted by Gasteiger charge is 2.29. The normalized spacial score (nSPS) is 14.4. The van der Waals surface area contributed by atoms with Crippen molar-refractivity contribution in [1.82, 2.24) is 0 Å². The second-order valence-corrected chi connectivity index (χ2v) is 34.0. The van der Waals surface area contributed by atoms with Gasteiger partial charge in [0.1, 0.15) is 25.4 Å². The van der Waals surface area contributed by atoms with Crippen molar-refractivity contribution in [3.05, 3.63) is 134 Å². The lowest BCUT2D eigenvalue weighted by Gasteiger charge is -2.21. The Morgan fingerprint density at radius 3 is 0.757 bits per heavy atom. The van der Waals surface area contributed by atoms with Gasteiger partial charge >= 0.3 is 33.6 Å². The fourth-order valence-electron chi connectivity index (χ4n) is 12.8. The van der Waals surface area contributed by atoms with Crippen LogP contribution in [0.4, 0.5) is 0 Å². The molecular formula is C97H170O16P2. The smallest absolute Gasteiger partial charge is 0.463 e. The molecule has 5 unspecified atom stereocenters. The summed E-state index contributed by atoms with van der Waals surface area (Å²) in [5.74, 6) is -1.57. The summed E-state index contributed by atoms with van der Waals surface area (Å²) < 4.78 is 61.4. The SMILES string of the molecule is CC/C=C\C/C=C\C/C=C\C/C=C\C/C=C\C/C=C\CCCCCCCCCCCCCCC(=O)OCC(COP(=O)(O)OCC(O)COP(=O)(O)OCC(O)COC(=O)CCCCCCCCCCCCCCCCCCC/C=C\C/C=C\C/C=C\C/C=C\CCCCC)OC(=O)CCCCCCC/C=C\CCCCCCCC. The summed E-state index contributed by atoms with van der Waals surface area (Å²) in [6.07, 6.45) is 111. The molecule has 0 fully saturated rings. The van der Waals surface area contributed by atoms with Gasteiger partial charge in [0.15, 0.2) is 6.10 Å². The number of carbonyl (C=O) groups is 3. The first-order valence-electron chi connectivity index (χ1n) is 46.5. The minimum absolute atomic E-state index is 0.0942. The number of ether oxygens (including phenoxy) is 3. The van der Waals surface area contributed by atoms with E-state index in [4.69, 9.17) is 32.3 Å². The van der Waals surface area contributed by atoms with Crippen LogP contribution in [0.25, 0.3) is 0 Å². The lowest BCUT2D eigenvalue weighted by Crippen LogP contribution is -2.30. The van der Waals surface area contributed by atoms with Crippen LogP contribution in [0.15, 0.2) is 134 Å². The van der Waals surface area contributed by atoms with Gasteiger partial charge in [-0.15, -0.1) is 0 Å². The van der Waals surface area contributed by atoms with E-state index in [0.29, 0.717) is 19.3 Å². The molecule has 0 rings (SSSR count). The highest BCUT2D eigenvalue weighted by molar-refractivity contribution is 7.47. The van der Waals surface area contributed by atoms with Gasteiger partial charge in [0.2, 0.25) is 0 Å². The Bertz CT molecular complexity index is 2620. The van der Waals surface area contributed by atoms with Crippen LogP contribution in [0.5, 0.6) is 0 Å². The van der Waals surface area contributed by atoms with Crippen LogP contribution in [-0.2, 0) is 55.8 Å². The van der Waals surface area contributed by atoms with Gasteiger partial charge in [-0.3, -0.25) is 32.5 Å². The number of phosphoric ester groups is 2. The average Bonchev–Trinajstić information content (AvgIpc) is 0.893. The van der Waals surface area contributed by atoms with Crippen LogP contribution >= 0.6 is 15.6 Å². The predicted octanol–water partition coefficient (Wildman–Crippen LogP) is 28.6. The Balaban J connectivity index is 4.45. The van der Waals surface area contributed by atoms with Gasteiger partial charge in [0.05, 0.1) is 26.4 Å². The van der Waals surface area contributed by atoms with E-state index in [9.17, 15) is 43.5 Å². The van der Waals surface area contributed by atoms with Crippen LogP contribution in [0.3, 0.4) is 0 Å². The first-order chi connectivity index (χ1) is 56.2. The molecule has 0 amide bonds. The van der Waals surface area contributed by atoms with Crippen molar-refractivity contribution in [3.63, 3.8) is 0 Å². The maximum Gasteiger partial charge on any atom is 0.472 e. The van der Waals surface area contributed by atoms with Crippen LogP contribution in [0.1, 0.15) is 406 Å². The van der Waals surface area contributed by atoms with E-state index in [1.165, 1.54) is 199 Å². The Morgan fingerprint density at radius 2 is 0.461 bits per heavy atom. The van der Waals surface area contributed by atoms with Gasteiger partial charge < -0.3 is 34.2 Å². The molecule has 0 aliphatic rings. The summed E-state index contributed by atoms with van der Waals surface area (Å²) in [5, 5.41) is 20.7. The molecule has 0 saturated heterocycles. The van der Waals surface area contributed by atoms with Crippen molar-refractivity contribution in [3.8, 4) is 0 Å². The molecule has 4 N–H and O–H groups in total. The molecule has 0 aromatic heterocycles. The molecule has 5 atom stereocenters. The topological polar surface area (TPSA) is 231 Å². The van der Waals surface area contributed by atoms with E-state index < -0.39 is 91.5 Å². The molecule has 0 saturated carbocycles.